The molecule has 2 amide bonds. The lowest BCUT2D eigenvalue weighted by Crippen LogP contribution is -2.35. The number of ether oxygens (including phenoxy) is 1. The van der Waals surface area contributed by atoms with Crippen LogP contribution in [0.15, 0.2) is 54.2 Å². The van der Waals surface area contributed by atoms with Gasteiger partial charge in [-0.1, -0.05) is 11.8 Å². The smallest absolute Gasteiger partial charge is 0.318 e. The molecule has 174 valence electrons. The molecule has 0 spiro atoms. The minimum atomic E-state index is -1.45. The molecule has 0 radical (unpaired) electrons. The summed E-state index contributed by atoms with van der Waals surface area (Å²) < 4.78 is 20.5. The average Bonchev–Trinajstić information content (AvgIpc) is 3.49. The Morgan fingerprint density at radius 1 is 1.30 bits per heavy atom. The van der Waals surface area contributed by atoms with E-state index >= 15 is 0 Å². The zero-order valence-electron chi connectivity index (χ0n) is 18.9. The van der Waals surface area contributed by atoms with Crippen molar-refractivity contribution in [3.63, 3.8) is 0 Å². The molecular weight excluding hydrogens is 421 g/mol. The van der Waals surface area contributed by atoms with Crippen molar-refractivity contribution in [1.29, 1.82) is 0 Å². The van der Waals surface area contributed by atoms with Crippen LogP contribution in [0.2, 0.25) is 0 Å². The number of alkyl halides is 1. The quantitative estimate of drug-likeness (QED) is 0.674. The number of hydrogen-bond acceptors (Lipinski definition) is 5. The van der Waals surface area contributed by atoms with Gasteiger partial charge in [0, 0.05) is 50.3 Å². The number of urea groups is 1. The molecule has 2 N–H and O–H groups in total. The predicted molar refractivity (Wildman–Crippen MR) is 125 cm³/mol. The number of amides is 2. The van der Waals surface area contributed by atoms with Crippen LogP contribution in [0.4, 0.5) is 9.18 Å². The number of nitrogens with zero attached hydrogens (tertiary/aromatic N) is 3. The molecule has 0 aromatic carbocycles. The van der Waals surface area contributed by atoms with Crippen LogP contribution in [0.3, 0.4) is 0 Å². The molecule has 2 aliphatic heterocycles. The molecule has 8 heteroatoms. The fourth-order valence-corrected chi connectivity index (χ4v) is 4.27. The molecule has 0 saturated carbocycles. The molecule has 2 saturated heterocycles. The minimum Gasteiger partial charge on any atom is -0.457 e. The number of carbonyl (C=O) groups excluding carboxylic acids is 1. The van der Waals surface area contributed by atoms with Gasteiger partial charge in [-0.05, 0) is 56.7 Å². The fourth-order valence-electron chi connectivity index (χ4n) is 4.27. The SMILES string of the molecule is CNC(=O)NC1=CC=C(Oc2ccncc2C#CCN2CC[C@H](N3CCCC3)C2)C(F)C=C1. The van der Waals surface area contributed by atoms with Crippen molar-refractivity contribution >= 4 is 6.03 Å². The Morgan fingerprint density at radius 2 is 2.15 bits per heavy atom. The molecule has 1 aromatic heterocycles. The Hall–Kier alpha value is -3.15. The molecule has 3 aliphatic rings. The number of carbonyl (C=O) groups is 1. The van der Waals surface area contributed by atoms with Crippen molar-refractivity contribution in [3.05, 3.63) is 59.8 Å². The maximum atomic E-state index is 14.6. The highest BCUT2D eigenvalue weighted by molar-refractivity contribution is 5.76. The van der Waals surface area contributed by atoms with Crippen molar-refractivity contribution in [3.8, 4) is 17.6 Å². The lowest BCUT2D eigenvalue weighted by molar-refractivity contribution is 0.239. The summed E-state index contributed by atoms with van der Waals surface area (Å²) in [5, 5.41) is 5.08. The predicted octanol–water partition coefficient (Wildman–Crippen LogP) is 2.59. The number of hydrogen-bond donors (Lipinski definition) is 2. The van der Waals surface area contributed by atoms with Gasteiger partial charge in [-0.15, -0.1) is 0 Å². The molecule has 4 rings (SSSR count). The van der Waals surface area contributed by atoms with Crippen LogP contribution in [0, 0.1) is 11.8 Å². The summed E-state index contributed by atoms with van der Waals surface area (Å²) in [6.45, 7) is 5.26. The zero-order valence-corrected chi connectivity index (χ0v) is 18.9. The second kappa shape index (κ2) is 11.1. The highest BCUT2D eigenvalue weighted by Gasteiger charge is 2.28. The van der Waals surface area contributed by atoms with Crippen molar-refractivity contribution in [1.82, 2.24) is 25.4 Å². The number of aromatic nitrogens is 1. The molecular formula is C25H30FN5O2. The molecule has 33 heavy (non-hydrogen) atoms. The number of likely N-dealkylation sites (tertiary alicyclic amines) is 2. The molecule has 1 aliphatic carbocycles. The van der Waals surface area contributed by atoms with Gasteiger partial charge in [-0.25, -0.2) is 9.18 Å². The topological polar surface area (TPSA) is 69.7 Å². The van der Waals surface area contributed by atoms with Gasteiger partial charge in [0.15, 0.2) is 6.17 Å². The maximum absolute atomic E-state index is 14.6. The highest BCUT2D eigenvalue weighted by atomic mass is 19.1. The molecule has 7 nitrogen and oxygen atoms in total. The van der Waals surface area contributed by atoms with Crippen LogP contribution < -0.4 is 15.4 Å². The van der Waals surface area contributed by atoms with E-state index in [2.05, 4.69) is 37.3 Å². The third-order valence-electron chi connectivity index (χ3n) is 6.07. The first-order valence-corrected chi connectivity index (χ1v) is 11.4. The van der Waals surface area contributed by atoms with E-state index in [9.17, 15) is 9.18 Å². The Labute approximate surface area is 194 Å². The summed E-state index contributed by atoms with van der Waals surface area (Å²) in [6.07, 6.45) is 11.5. The van der Waals surface area contributed by atoms with E-state index in [1.54, 1.807) is 24.5 Å². The summed E-state index contributed by atoms with van der Waals surface area (Å²) in [7, 11) is 1.51. The van der Waals surface area contributed by atoms with Gasteiger partial charge in [0.05, 0.1) is 12.1 Å². The number of rotatable bonds is 5. The van der Waals surface area contributed by atoms with E-state index < -0.39 is 6.17 Å². The zero-order chi connectivity index (χ0) is 23.0. The van der Waals surface area contributed by atoms with Crippen LogP contribution in [-0.2, 0) is 0 Å². The lowest BCUT2D eigenvalue weighted by Gasteiger charge is -2.23. The summed E-state index contributed by atoms with van der Waals surface area (Å²) in [4.78, 5) is 20.6. The van der Waals surface area contributed by atoms with Gasteiger partial charge in [0.25, 0.3) is 0 Å². The van der Waals surface area contributed by atoms with Gasteiger partial charge in [-0.2, -0.15) is 0 Å². The summed E-state index contributed by atoms with van der Waals surface area (Å²) >= 11 is 0. The molecule has 1 unspecified atom stereocenters. The van der Waals surface area contributed by atoms with E-state index in [-0.39, 0.29) is 11.8 Å². The van der Waals surface area contributed by atoms with Crippen molar-refractivity contribution < 1.29 is 13.9 Å². The normalized spacial score (nSPS) is 23.2. The van der Waals surface area contributed by atoms with Crippen LogP contribution in [0.25, 0.3) is 0 Å². The largest absolute Gasteiger partial charge is 0.457 e. The van der Waals surface area contributed by atoms with Gasteiger partial charge < -0.3 is 15.4 Å². The first-order chi connectivity index (χ1) is 16.1. The lowest BCUT2D eigenvalue weighted by atomic mass is 10.2. The summed E-state index contributed by atoms with van der Waals surface area (Å²) in [5.74, 6) is 6.95. The van der Waals surface area contributed by atoms with Gasteiger partial charge >= 0.3 is 6.03 Å². The van der Waals surface area contributed by atoms with E-state index in [4.69, 9.17) is 4.74 Å². The fraction of sp³-hybridized carbons (Fsp3) is 0.440. The maximum Gasteiger partial charge on any atom is 0.318 e. The van der Waals surface area contributed by atoms with E-state index in [0.717, 1.165) is 13.1 Å². The first kappa shape index (κ1) is 23.0. The van der Waals surface area contributed by atoms with Gasteiger partial charge in [-0.3, -0.25) is 14.8 Å². The van der Waals surface area contributed by atoms with Crippen LogP contribution in [0.5, 0.6) is 5.75 Å². The van der Waals surface area contributed by atoms with Crippen LogP contribution in [-0.4, -0.2) is 72.8 Å². The molecule has 3 heterocycles. The number of allylic oxidation sites excluding steroid dienone is 4. The minimum absolute atomic E-state index is 0.113. The van der Waals surface area contributed by atoms with E-state index in [0.29, 0.717) is 29.6 Å². The summed E-state index contributed by atoms with van der Waals surface area (Å²) in [5.41, 5.74) is 1.07. The molecule has 2 fully saturated rings. The highest BCUT2D eigenvalue weighted by Crippen LogP contribution is 2.23. The third-order valence-corrected chi connectivity index (χ3v) is 6.07. The van der Waals surface area contributed by atoms with Crippen LogP contribution in [0.1, 0.15) is 24.8 Å². The van der Waals surface area contributed by atoms with Crippen molar-refractivity contribution in [2.75, 3.05) is 39.8 Å². The number of pyridine rings is 1. The van der Waals surface area contributed by atoms with E-state index in [1.807, 2.05) is 0 Å². The second-order valence-corrected chi connectivity index (χ2v) is 8.35. The van der Waals surface area contributed by atoms with Gasteiger partial charge in [0.1, 0.15) is 11.5 Å². The number of nitrogens with one attached hydrogen (secondary N) is 2. The standard InChI is InChI=1S/C25H30FN5O2/c1-27-25(32)29-20-6-8-22(26)24(9-7-20)33-23-10-12-28-17-19(23)5-4-13-30-16-11-21(18-30)31-14-2-3-15-31/h6-10,12,17,21-22H,2-3,11,13-16,18H2,1H3,(H2,27,29,32)/t21-,22?/m0/s1. The van der Waals surface area contributed by atoms with E-state index in [1.165, 1.54) is 57.6 Å². The first-order valence-electron chi connectivity index (χ1n) is 11.4. The Kier molecular flexibility index (Phi) is 7.76. The van der Waals surface area contributed by atoms with Crippen molar-refractivity contribution in [2.24, 2.45) is 0 Å². The Balaban J connectivity index is 1.39. The summed E-state index contributed by atoms with van der Waals surface area (Å²) in [6, 6.07) is 1.95. The third kappa shape index (κ3) is 6.21. The molecule has 2 atom stereocenters. The molecule has 1 aromatic rings. The Bertz CT molecular complexity index is 1000. The van der Waals surface area contributed by atoms with Gasteiger partial charge in [0.2, 0.25) is 0 Å². The molecule has 0 bridgehead atoms. The monoisotopic (exact) mass is 451 g/mol. The Morgan fingerprint density at radius 3 is 2.97 bits per heavy atom. The second-order valence-electron chi connectivity index (χ2n) is 8.35. The van der Waals surface area contributed by atoms with Crippen LogP contribution >= 0.6 is 0 Å². The number of halogens is 1. The van der Waals surface area contributed by atoms with Crippen molar-refractivity contribution in [2.45, 2.75) is 31.5 Å². The average molecular weight is 452 g/mol.